The molecule has 98 valence electrons. The van der Waals surface area contributed by atoms with Gasteiger partial charge in [0, 0.05) is 19.6 Å². The van der Waals surface area contributed by atoms with Crippen LogP contribution in [0.1, 0.15) is 52.9 Å². The minimum Gasteiger partial charge on any atom is -0.384 e. The molecule has 0 bridgehead atoms. The van der Waals surface area contributed by atoms with Gasteiger partial charge in [0.1, 0.15) is 0 Å². The van der Waals surface area contributed by atoms with Gasteiger partial charge in [0.2, 0.25) is 0 Å². The lowest BCUT2D eigenvalue weighted by Crippen LogP contribution is -2.38. The van der Waals surface area contributed by atoms with E-state index < -0.39 is 0 Å². The summed E-state index contributed by atoms with van der Waals surface area (Å²) in [5.74, 6) is 0.657. The maximum Gasteiger partial charge on any atom is 0.0543 e. The topological polar surface area (TPSA) is 18.5 Å². The predicted octanol–water partition coefficient (Wildman–Crippen LogP) is 3.89. The van der Waals surface area contributed by atoms with Crippen molar-refractivity contribution in [1.29, 1.82) is 0 Å². The van der Waals surface area contributed by atoms with Gasteiger partial charge in [-0.1, -0.05) is 46.5 Å². The van der Waals surface area contributed by atoms with E-state index in [0.29, 0.717) is 5.92 Å². The van der Waals surface area contributed by atoms with Crippen molar-refractivity contribution in [2.24, 2.45) is 11.3 Å². The molecule has 0 aromatic rings. The molecule has 0 saturated heterocycles. The summed E-state index contributed by atoms with van der Waals surface area (Å²) in [6.07, 6.45) is 6.28. The summed E-state index contributed by atoms with van der Waals surface area (Å²) in [5, 5.41) is 0. The molecule has 0 aromatic carbocycles. The summed E-state index contributed by atoms with van der Waals surface area (Å²) < 4.78 is 10.9. The number of hydrogen-bond acceptors (Lipinski definition) is 2. The van der Waals surface area contributed by atoms with Gasteiger partial charge in [-0.3, -0.25) is 0 Å². The van der Waals surface area contributed by atoms with E-state index in [9.17, 15) is 0 Å². The van der Waals surface area contributed by atoms with E-state index in [1.165, 1.54) is 32.1 Å². The maximum atomic E-state index is 5.43. The van der Waals surface area contributed by atoms with Gasteiger partial charge in [-0.25, -0.2) is 0 Å². The van der Waals surface area contributed by atoms with Gasteiger partial charge in [0.05, 0.1) is 13.2 Å². The highest BCUT2D eigenvalue weighted by molar-refractivity contribution is 4.83. The van der Waals surface area contributed by atoms with Crippen molar-refractivity contribution >= 4 is 0 Å². The number of unbranched alkanes of at least 4 members (excludes halogenated alkanes) is 2. The van der Waals surface area contributed by atoms with Gasteiger partial charge in [-0.05, 0) is 12.3 Å². The van der Waals surface area contributed by atoms with Crippen molar-refractivity contribution in [2.75, 3.05) is 27.4 Å². The molecular weight excluding hydrogens is 200 g/mol. The fourth-order valence-corrected chi connectivity index (χ4v) is 2.45. The van der Waals surface area contributed by atoms with Crippen LogP contribution in [0.5, 0.6) is 0 Å². The first-order valence-corrected chi connectivity index (χ1v) is 6.64. The van der Waals surface area contributed by atoms with Crippen LogP contribution in [0.25, 0.3) is 0 Å². The summed E-state index contributed by atoms with van der Waals surface area (Å²) in [5.41, 5.74) is 0.216. The Morgan fingerprint density at radius 1 is 1.00 bits per heavy atom. The molecule has 0 amide bonds. The summed E-state index contributed by atoms with van der Waals surface area (Å²) in [4.78, 5) is 0. The lowest BCUT2D eigenvalue weighted by molar-refractivity contribution is -0.0334. The van der Waals surface area contributed by atoms with Crippen LogP contribution in [0.4, 0.5) is 0 Å². The predicted molar refractivity (Wildman–Crippen MR) is 69.8 cm³/mol. The average molecular weight is 230 g/mol. The first-order valence-electron chi connectivity index (χ1n) is 6.64. The summed E-state index contributed by atoms with van der Waals surface area (Å²) in [6, 6.07) is 0. The average Bonchev–Trinajstić information content (AvgIpc) is 2.28. The van der Waals surface area contributed by atoms with Gasteiger partial charge in [-0.2, -0.15) is 0 Å². The van der Waals surface area contributed by atoms with E-state index in [4.69, 9.17) is 9.47 Å². The van der Waals surface area contributed by atoms with Crippen LogP contribution in [0, 0.1) is 11.3 Å². The summed E-state index contributed by atoms with van der Waals surface area (Å²) >= 11 is 0. The third kappa shape index (κ3) is 4.84. The highest BCUT2D eigenvalue weighted by atomic mass is 16.5. The Kier molecular flexibility index (Phi) is 8.96. The number of ether oxygens (including phenoxy) is 2. The van der Waals surface area contributed by atoms with Crippen molar-refractivity contribution in [3.05, 3.63) is 0 Å². The number of methoxy groups -OCH3 is 2. The molecule has 0 aliphatic rings. The number of hydrogen-bond donors (Lipinski definition) is 0. The van der Waals surface area contributed by atoms with E-state index in [0.717, 1.165) is 13.2 Å². The van der Waals surface area contributed by atoms with Crippen LogP contribution in [0.15, 0.2) is 0 Å². The van der Waals surface area contributed by atoms with Crippen molar-refractivity contribution in [1.82, 2.24) is 0 Å². The van der Waals surface area contributed by atoms with Crippen LogP contribution in [-0.4, -0.2) is 27.4 Å². The largest absolute Gasteiger partial charge is 0.384 e. The molecule has 2 nitrogen and oxygen atoms in total. The zero-order valence-electron chi connectivity index (χ0n) is 11.8. The lowest BCUT2D eigenvalue weighted by Gasteiger charge is -2.38. The van der Waals surface area contributed by atoms with E-state index in [1.807, 2.05) is 0 Å². The van der Waals surface area contributed by atoms with E-state index >= 15 is 0 Å². The molecule has 0 heterocycles. The molecule has 0 radical (unpaired) electrons. The molecule has 0 N–H and O–H groups in total. The Labute approximate surface area is 102 Å². The summed E-state index contributed by atoms with van der Waals surface area (Å²) in [7, 11) is 3.60. The van der Waals surface area contributed by atoms with E-state index in [2.05, 4.69) is 20.8 Å². The second kappa shape index (κ2) is 9.00. The minimum absolute atomic E-state index is 0.216. The third-order valence-electron chi connectivity index (χ3n) is 3.80. The zero-order chi connectivity index (χ0) is 12.4. The van der Waals surface area contributed by atoms with Crippen molar-refractivity contribution < 1.29 is 9.47 Å². The van der Waals surface area contributed by atoms with E-state index in [1.54, 1.807) is 14.2 Å². The van der Waals surface area contributed by atoms with Gasteiger partial charge < -0.3 is 9.47 Å². The van der Waals surface area contributed by atoms with Crippen LogP contribution < -0.4 is 0 Å². The Morgan fingerprint density at radius 2 is 1.56 bits per heavy atom. The van der Waals surface area contributed by atoms with Crippen LogP contribution in [0.2, 0.25) is 0 Å². The highest BCUT2D eigenvalue weighted by Crippen LogP contribution is 2.36. The first kappa shape index (κ1) is 15.9. The molecule has 0 aliphatic carbocycles. The normalized spacial score (nSPS) is 14.1. The molecule has 0 spiro atoms. The quantitative estimate of drug-likeness (QED) is 0.530. The lowest BCUT2D eigenvalue weighted by atomic mass is 9.72. The molecule has 0 rings (SSSR count). The Bertz CT molecular complexity index is 151. The Balaban J connectivity index is 4.50. The molecule has 0 fully saturated rings. The van der Waals surface area contributed by atoms with Gasteiger partial charge in [0.25, 0.3) is 0 Å². The van der Waals surface area contributed by atoms with Crippen LogP contribution in [0.3, 0.4) is 0 Å². The Morgan fingerprint density at radius 3 is 1.94 bits per heavy atom. The maximum absolute atomic E-state index is 5.43. The minimum atomic E-state index is 0.216. The van der Waals surface area contributed by atoms with Crippen molar-refractivity contribution in [3.8, 4) is 0 Å². The third-order valence-corrected chi connectivity index (χ3v) is 3.80. The zero-order valence-corrected chi connectivity index (χ0v) is 11.8. The van der Waals surface area contributed by atoms with Crippen LogP contribution >= 0.6 is 0 Å². The van der Waals surface area contributed by atoms with Crippen molar-refractivity contribution in [2.45, 2.75) is 52.9 Å². The van der Waals surface area contributed by atoms with Gasteiger partial charge >= 0.3 is 0 Å². The SMILES string of the molecule is CCCCCC(COC)(COC)C(C)CC. The monoisotopic (exact) mass is 230 g/mol. The molecule has 16 heavy (non-hydrogen) atoms. The fraction of sp³-hybridized carbons (Fsp3) is 1.00. The molecule has 0 aromatic heterocycles. The smallest absolute Gasteiger partial charge is 0.0543 e. The summed E-state index contributed by atoms with van der Waals surface area (Å²) in [6.45, 7) is 8.46. The second-order valence-electron chi connectivity index (χ2n) is 4.99. The molecule has 0 saturated carbocycles. The number of rotatable bonds is 10. The highest BCUT2D eigenvalue weighted by Gasteiger charge is 2.34. The van der Waals surface area contributed by atoms with Crippen LogP contribution in [-0.2, 0) is 9.47 Å². The Hall–Kier alpha value is -0.0800. The fourth-order valence-electron chi connectivity index (χ4n) is 2.45. The molecule has 1 unspecified atom stereocenters. The molecule has 0 aliphatic heterocycles. The van der Waals surface area contributed by atoms with Gasteiger partial charge in [0.15, 0.2) is 0 Å². The van der Waals surface area contributed by atoms with E-state index in [-0.39, 0.29) is 5.41 Å². The molecular formula is C14H30O2. The second-order valence-corrected chi connectivity index (χ2v) is 4.99. The standard InChI is InChI=1S/C14H30O2/c1-6-8-9-10-14(11-15-4,12-16-5)13(3)7-2/h13H,6-12H2,1-5H3. The first-order chi connectivity index (χ1) is 7.66. The van der Waals surface area contributed by atoms with Gasteiger partial charge in [-0.15, -0.1) is 0 Å². The molecule has 1 atom stereocenters. The molecule has 2 heteroatoms. The van der Waals surface area contributed by atoms with Crippen molar-refractivity contribution in [3.63, 3.8) is 0 Å².